The standard InChI is InChI=1S/C19H22O3/c1-4-19(2,3)18(21)22-16-10-12-8-9-13(11-20)14-6-5-7-15(16)17(12)14/h5-9,16,20H,4,10-11H2,1-3H3. The zero-order valence-corrected chi connectivity index (χ0v) is 13.3. The highest BCUT2D eigenvalue weighted by atomic mass is 16.5. The summed E-state index contributed by atoms with van der Waals surface area (Å²) in [5, 5.41) is 11.7. The van der Waals surface area contributed by atoms with Crippen LogP contribution >= 0.6 is 0 Å². The first-order valence-electron chi connectivity index (χ1n) is 7.83. The lowest BCUT2D eigenvalue weighted by Gasteiger charge is -2.23. The molecule has 22 heavy (non-hydrogen) atoms. The summed E-state index contributed by atoms with van der Waals surface area (Å²) in [5.41, 5.74) is 2.71. The first-order chi connectivity index (χ1) is 10.5. The molecule has 0 fully saturated rings. The number of rotatable bonds is 4. The largest absolute Gasteiger partial charge is 0.457 e. The Morgan fingerprint density at radius 1 is 1.32 bits per heavy atom. The van der Waals surface area contributed by atoms with Crippen molar-refractivity contribution in [3.8, 4) is 0 Å². The molecule has 0 bridgehead atoms. The van der Waals surface area contributed by atoms with Crippen molar-refractivity contribution in [3.63, 3.8) is 0 Å². The van der Waals surface area contributed by atoms with Crippen molar-refractivity contribution in [3.05, 3.63) is 47.0 Å². The summed E-state index contributed by atoms with van der Waals surface area (Å²) >= 11 is 0. The molecule has 0 amide bonds. The SMILES string of the molecule is CCC(C)(C)C(=O)OC1Cc2ccc(CO)c3cccc1c23. The summed E-state index contributed by atoms with van der Waals surface area (Å²) in [6.45, 7) is 5.86. The van der Waals surface area contributed by atoms with E-state index in [0.29, 0.717) is 6.42 Å². The van der Waals surface area contributed by atoms with Gasteiger partial charge in [0.15, 0.2) is 0 Å². The van der Waals surface area contributed by atoms with Gasteiger partial charge in [-0.3, -0.25) is 4.79 Å². The molecule has 2 aromatic carbocycles. The van der Waals surface area contributed by atoms with Crippen LogP contribution in [-0.2, 0) is 22.6 Å². The first-order valence-corrected chi connectivity index (χ1v) is 7.83. The highest BCUT2D eigenvalue weighted by Gasteiger charge is 2.33. The van der Waals surface area contributed by atoms with Crippen LogP contribution in [0.15, 0.2) is 30.3 Å². The van der Waals surface area contributed by atoms with Gasteiger partial charge in [-0.25, -0.2) is 0 Å². The van der Waals surface area contributed by atoms with E-state index in [-0.39, 0.29) is 18.7 Å². The molecule has 0 aliphatic heterocycles. The predicted octanol–water partition coefficient (Wildman–Crippen LogP) is 3.91. The van der Waals surface area contributed by atoms with Crippen molar-refractivity contribution in [2.45, 2.75) is 46.3 Å². The van der Waals surface area contributed by atoms with Gasteiger partial charge in [0.05, 0.1) is 12.0 Å². The summed E-state index contributed by atoms with van der Waals surface area (Å²) in [6.07, 6.45) is 1.25. The van der Waals surface area contributed by atoms with Crippen LogP contribution in [0.3, 0.4) is 0 Å². The van der Waals surface area contributed by atoms with E-state index in [2.05, 4.69) is 0 Å². The maximum absolute atomic E-state index is 12.4. The van der Waals surface area contributed by atoms with E-state index in [9.17, 15) is 9.90 Å². The van der Waals surface area contributed by atoms with Gasteiger partial charge in [-0.2, -0.15) is 0 Å². The van der Waals surface area contributed by atoms with Gasteiger partial charge in [0.2, 0.25) is 0 Å². The average molecular weight is 298 g/mol. The fourth-order valence-electron chi connectivity index (χ4n) is 2.99. The third-order valence-corrected chi connectivity index (χ3v) is 4.86. The van der Waals surface area contributed by atoms with E-state index in [1.165, 1.54) is 5.56 Å². The van der Waals surface area contributed by atoms with Gasteiger partial charge >= 0.3 is 5.97 Å². The van der Waals surface area contributed by atoms with Gasteiger partial charge in [0.25, 0.3) is 0 Å². The molecule has 3 heteroatoms. The lowest BCUT2D eigenvalue weighted by molar-refractivity contribution is -0.160. The zero-order valence-electron chi connectivity index (χ0n) is 13.3. The molecule has 116 valence electrons. The third kappa shape index (κ3) is 2.30. The van der Waals surface area contributed by atoms with Gasteiger partial charge in [0, 0.05) is 12.0 Å². The first kappa shape index (κ1) is 15.0. The normalized spacial score (nSPS) is 17.0. The molecule has 1 unspecified atom stereocenters. The van der Waals surface area contributed by atoms with Crippen LogP contribution in [0.5, 0.6) is 0 Å². The van der Waals surface area contributed by atoms with Crippen LogP contribution in [-0.4, -0.2) is 11.1 Å². The molecule has 0 aromatic heterocycles. The minimum Gasteiger partial charge on any atom is -0.457 e. The van der Waals surface area contributed by atoms with Gasteiger partial charge in [-0.15, -0.1) is 0 Å². The highest BCUT2D eigenvalue weighted by Crippen LogP contribution is 2.41. The van der Waals surface area contributed by atoms with Crippen molar-refractivity contribution in [1.82, 2.24) is 0 Å². The molecular weight excluding hydrogens is 276 g/mol. The van der Waals surface area contributed by atoms with Crippen molar-refractivity contribution < 1.29 is 14.6 Å². The Bertz CT molecular complexity index is 731. The Balaban J connectivity index is 1.99. The van der Waals surface area contributed by atoms with Crippen molar-refractivity contribution in [2.24, 2.45) is 5.41 Å². The number of ether oxygens (including phenoxy) is 1. The number of benzene rings is 2. The molecule has 1 aliphatic carbocycles. The van der Waals surface area contributed by atoms with Crippen molar-refractivity contribution >= 4 is 16.7 Å². The van der Waals surface area contributed by atoms with Crippen molar-refractivity contribution in [1.29, 1.82) is 0 Å². The lowest BCUT2D eigenvalue weighted by atomic mass is 9.90. The number of esters is 1. The molecule has 1 atom stereocenters. The molecule has 1 N–H and O–H groups in total. The summed E-state index contributed by atoms with van der Waals surface area (Å²) in [4.78, 5) is 12.4. The van der Waals surface area contributed by atoms with Gasteiger partial charge in [0.1, 0.15) is 6.10 Å². The number of hydrogen-bond donors (Lipinski definition) is 1. The number of aliphatic hydroxyl groups is 1. The summed E-state index contributed by atoms with van der Waals surface area (Å²) in [6, 6.07) is 10.0. The molecule has 0 saturated heterocycles. The summed E-state index contributed by atoms with van der Waals surface area (Å²) < 4.78 is 5.81. The van der Waals surface area contributed by atoms with E-state index in [0.717, 1.165) is 28.3 Å². The molecule has 0 heterocycles. The van der Waals surface area contributed by atoms with Crippen LogP contribution < -0.4 is 0 Å². The number of hydrogen-bond acceptors (Lipinski definition) is 3. The molecule has 3 nitrogen and oxygen atoms in total. The Hall–Kier alpha value is -1.87. The number of carbonyl (C=O) groups excluding carboxylic acids is 1. The van der Waals surface area contributed by atoms with Gasteiger partial charge in [-0.1, -0.05) is 37.3 Å². The number of aliphatic hydroxyl groups excluding tert-OH is 1. The van der Waals surface area contributed by atoms with Crippen LogP contribution in [0.2, 0.25) is 0 Å². The Morgan fingerprint density at radius 2 is 2.09 bits per heavy atom. The summed E-state index contributed by atoms with van der Waals surface area (Å²) in [7, 11) is 0. The topological polar surface area (TPSA) is 46.5 Å². The maximum Gasteiger partial charge on any atom is 0.312 e. The summed E-state index contributed by atoms with van der Waals surface area (Å²) in [5.74, 6) is -0.146. The molecule has 0 spiro atoms. The second-order valence-corrected chi connectivity index (χ2v) is 6.65. The van der Waals surface area contributed by atoms with E-state index in [4.69, 9.17) is 4.74 Å². The molecule has 0 radical (unpaired) electrons. The van der Waals surface area contributed by atoms with Crippen LogP contribution in [0, 0.1) is 5.41 Å². The molecule has 2 aromatic rings. The fraction of sp³-hybridized carbons (Fsp3) is 0.421. The lowest BCUT2D eigenvalue weighted by Crippen LogP contribution is -2.27. The van der Waals surface area contributed by atoms with E-state index >= 15 is 0 Å². The molecule has 0 saturated carbocycles. The van der Waals surface area contributed by atoms with Crippen LogP contribution in [0.1, 0.15) is 50.0 Å². The Morgan fingerprint density at radius 3 is 2.77 bits per heavy atom. The highest BCUT2D eigenvalue weighted by molar-refractivity contribution is 5.94. The van der Waals surface area contributed by atoms with Crippen LogP contribution in [0.25, 0.3) is 10.8 Å². The van der Waals surface area contributed by atoms with Crippen molar-refractivity contribution in [2.75, 3.05) is 0 Å². The van der Waals surface area contributed by atoms with Gasteiger partial charge in [-0.05, 0) is 42.2 Å². The van der Waals surface area contributed by atoms with Gasteiger partial charge < -0.3 is 9.84 Å². The second-order valence-electron chi connectivity index (χ2n) is 6.65. The van der Waals surface area contributed by atoms with E-state index in [1.807, 2.05) is 51.1 Å². The predicted molar refractivity (Wildman–Crippen MR) is 86.5 cm³/mol. The quantitative estimate of drug-likeness (QED) is 0.871. The minimum atomic E-state index is -0.459. The minimum absolute atomic E-state index is 0.0214. The Labute approximate surface area is 130 Å². The smallest absolute Gasteiger partial charge is 0.312 e. The second kappa shape index (κ2) is 5.40. The van der Waals surface area contributed by atoms with Crippen LogP contribution in [0.4, 0.5) is 0 Å². The zero-order chi connectivity index (χ0) is 15.9. The van der Waals surface area contributed by atoms with E-state index in [1.54, 1.807) is 0 Å². The molecule has 1 aliphatic rings. The molecule has 3 rings (SSSR count). The maximum atomic E-state index is 12.4. The third-order valence-electron chi connectivity index (χ3n) is 4.86. The molecular formula is C19H22O3. The monoisotopic (exact) mass is 298 g/mol. The van der Waals surface area contributed by atoms with E-state index < -0.39 is 5.41 Å². The number of carbonyl (C=O) groups is 1. The fourth-order valence-corrected chi connectivity index (χ4v) is 2.99. The average Bonchev–Trinajstić information content (AvgIpc) is 2.87. The Kier molecular flexibility index (Phi) is 3.69.